The number of hydrogen-bond donors (Lipinski definition) is 1. The molecule has 0 radical (unpaired) electrons. The highest BCUT2D eigenvalue weighted by Gasteiger charge is 2.22. The average Bonchev–Trinajstić information content (AvgIpc) is 2.35. The molecule has 0 atom stereocenters. The maximum absolute atomic E-state index is 5.69. The van der Waals surface area contributed by atoms with E-state index in [1.807, 2.05) is 13.8 Å². The van der Waals surface area contributed by atoms with Crippen molar-refractivity contribution in [3.05, 3.63) is 18.2 Å². The van der Waals surface area contributed by atoms with Crippen molar-refractivity contribution in [3.8, 4) is 17.2 Å². The largest absolute Gasteiger partial charge is 0.496 e. The van der Waals surface area contributed by atoms with Crippen molar-refractivity contribution < 1.29 is 14.2 Å². The number of benzene rings is 1. The van der Waals surface area contributed by atoms with Crippen LogP contribution < -0.4 is 19.9 Å². The number of nitrogens with two attached hydrogens (primary N) is 1. The molecule has 1 aromatic carbocycles. The summed E-state index contributed by atoms with van der Waals surface area (Å²) in [7, 11) is 3.19. The molecule has 0 unspecified atom stereocenters. The van der Waals surface area contributed by atoms with Gasteiger partial charge in [0.1, 0.15) is 17.2 Å². The summed E-state index contributed by atoms with van der Waals surface area (Å²) in [5.41, 5.74) is 5.29. The van der Waals surface area contributed by atoms with Crippen molar-refractivity contribution in [2.45, 2.75) is 13.8 Å². The molecule has 18 heavy (non-hydrogen) atoms. The van der Waals surface area contributed by atoms with Gasteiger partial charge in [0.2, 0.25) is 0 Å². The highest BCUT2D eigenvalue weighted by Crippen LogP contribution is 2.28. The first kappa shape index (κ1) is 14.6. The van der Waals surface area contributed by atoms with E-state index >= 15 is 0 Å². The number of methoxy groups -OCH3 is 2. The summed E-state index contributed by atoms with van der Waals surface area (Å²) >= 11 is 4.99. The van der Waals surface area contributed by atoms with Crippen LogP contribution >= 0.6 is 12.2 Å². The van der Waals surface area contributed by atoms with Crippen molar-refractivity contribution in [3.63, 3.8) is 0 Å². The molecule has 0 saturated carbocycles. The zero-order valence-electron chi connectivity index (χ0n) is 11.1. The van der Waals surface area contributed by atoms with Gasteiger partial charge in [-0.1, -0.05) is 26.1 Å². The quantitative estimate of drug-likeness (QED) is 0.804. The number of thiocarbonyl (C=S) groups is 1. The van der Waals surface area contributed by atoms with Gasteiger partial charge in [0.15, 0.2) is 0 Å². The monoisotopic (exact) mass is 269 g/mol. The molecule has 0 saturated heterocycles. The zero-order chi connectivity index (χ0) is 13.8. The molecule has 2 N–H and O–H groups in total. The van der Waals surface area contributed by atoms with E-state index in [1.165, 1.54) is 0 Å². The summed E-state index contributed by atoms with van der Waals surface area (Å²) in [4.78, 5) is 0.428. The van der Waals surface area contributed by atoms with Crippen LogP contribution in [0, 0.1) is 5.41 Å². The van der Waals surface area contributed by atoms with Crippen molar-refractivity contribution in [1.29, 1.82) is 0 Å². The summed E-state index contributed by atoms with van der Waals surface area (Å²) < 4.78 is 16.0. The SMILES string of the molecule is COc1cc(OC)cc(OCC(C)(C)C(N)=S)c1. The van der Waals surface area contributed by atoms with Gasteiger partial charge < -0.3 is 19.9 Å². The first-order valence-electron chi connectivity index (χ1n) is 5.55. The van der Waals surface area contributed by atoms with E-state index in [1.54, 1.807) is 32.4 Å². The maximum Gasteiger partial charge on any atom is 0.126 e. The average molecular weight is 269 g/mol. The van der Waals surface area contributed by atoms with E-state index in [-0.39, 0.29) is 5.41 Å². The van der Waals surface area contributed by atoms with Crippen molar-refractivity contribution >= 4 is 17.2 Å². The Hall–Kier alpha value is -1.49. The van der Waals surface area contributed by atoms with Crippen LogP contribution in [0.4, 0.5) is 0 Å². The van der Waals surface area contributed by atoms with Crippen LogP contribution in [0.15, 0.2) is 18.2 Å². The standard InChI is InChI=1S/C13H19NO3S/c1-13(2,12(14)18)8-17-11-6-9(15-3)5-10(7-11)16-4/h5-7H,8H2,1-4H3,(H2,14,18). The molecule has 0 aliphatic heterocycles. The van der Waals surface area contributed by atoms with Gasteiger partial charge in [-0.15, -0.1) is 0 Å². The van der Waals surface area contributed by atoms with Crippen LogP contribution in [0.2, 0.25) is 0 Å². The van der Waals surface area contributed by atoms with E-state index in [4.69, 9.17) is 32.2 Å². The molecule has 0 aromatic heterocycles. The van der Waals surface area contributed by atoms with Gasteiger partial charge in [-0.25, -0.2) is 0 Å². The van der Waals surface area contributed by atoms with E-state index in [9.17, 15) is 0 Å². The third kappa shape index (κ3) is 3.77. The molecule has 1 aromatic rings. The van der Waals surface area contributed by atoms with Crippen molar-refractivity contribution in [2.24, 2.45) is 11.1 Å². The van der Waals surface area contributed by atoms with Crippen LogP contribution in [0.3, 0.4) is 0 Å². The second kappa shape index (κ2) is 5.91. The Bertz CT molecular complexity index is 410. The zero-order valence-corrected chi connectivity index (χ0v) is 12.0. The maximum atomic E-state index is 5.69. The summed E-state index contributed by atoms with van der Waals surface area (Å²) in [6.45, 7) is 4.28. The predicted octanol–water partition coefficient (Wildman–Crippen LogP) is 2.39. The minimum absolute atomic E-state index is 0.356. The summed E-state index contributed by atoms with van der Waals surface area (Å²) in [5.74, 6) is 2.02. The fourth-order valence-electron chi connectivity index (χ4n) is 1.20. The molecule has 5 heteroatoms. The van der Waals surface area contributed by atoms with E-state index in [0.29, 0.717) is 28.8 Å². The van der Waals surface area contributed by atoms with Crippen LogP contribution in [-0.4, -0.2) is 25.8 Å². The molecule has 100 valence electrons. The van der Waals surface area contributed by atoms with Crippen molar-refractivity contribution in [2.75, 3.05) is 20.8 Å². The van der Waals surface area contributed by atoms with Gasteiger partial charge in [-0.05, 0) is 0 Å². The summed E-state index contributed by atoms with van der Waals surface area (Å²) in [6.07, 6.45) is 0. The van der Waals surface area contributed by atoms with E-state index in [2.05, 4.69) is 0 Å². The summed E-state index contributed by atoms with van der Waals surface area (Å²) in [5, 5.41) is 0. The Morgan fingerprint density at radius 2 is 1.56 bits per heavy atom. The van der Waals surface area contributed by atoms with Crippen LogP contribution in [0.5, 0.6) is 17.2 Å². The van der Waals surface area contributed by atoms with Gasteiger partial charge in [0, 0.05) is 23.6 Å². The Morgan fingerprint density at radius 3 is 1.94 bits per heavy atom. The van der Waals surface area contributed by atoms with Crippen LogP contribution in [0.1, 0.15) is 13.8 Å². The molecule has 0 aliphatic rings. The third-order valence-electron chi connectivity index (χ3n) is 2.59. The molecule has 0 spiro atoms. The number of hydrogen-bond acceptors (Lipinski definition) is 4. The molecule has 0 heterocycles. The molecule has 4 nitrogen and oxygen atoms in total. The fraction of sp³-hybridized carbons (Fsp3) is 0.462. The second-order valence-corrected chi connectivity index (χ2v) is 5.03. The lowest BCUT2D eigenvalue weighted by Gasteiger charge is -2.23. The number of rotatable bonds is 6. The van der Waals surface area contributed by atoms with Gasteiger partial charge in [0.25, 0.3) is 0 Å². The second-order valence-electron chi connectivity index (χ2n) is 4.59. The number of ether oxygens (including phenoxy) is 3. The topological polar surface area (TPSA) is 53.7 Å². The van der Waals surface area contributed by atoms with Gasteiger partial charge in [-0.2, -0.15) is 0 Å². The highest BCUT2D eigenvalue weighted by molar-refractivity contribution is 7.80. The first-order chi connectivity index (χ1) is 8.39. The minimum atomic E-state index is -0.356. The molecule has 0 amide bonds. The Kier molecular flexibility index (Phi) is 4.78. The van der Waals surface area contributed by atoms with Gasteiger partial charge >= 0.3 is 0 Å². The fourth-order valence-corrected chi connectivity index (χ4v) is 1.26. The molecular formula is C13H19NO3S. The van der Waals surface area contributed by atoms with E-state index in [0.717, 1.165) is 0 Å². The lowest BCUT2D eigenvalue weighted by molar-refractivity contribution is 0.234. The molecule has 0 fully saturated rings. The Labute approximate surface area is 113 Å². The lowest BCUT2D eigenvalue weighted by atomic mass is 9.95. The molecule has 0 aliphatic carbocycles. The first-order valence-corrected chi connectivity index (χ1v) is 5.95. The summed E-state index contributed by atoms with van der Waals surface area (Å²) in [6, 6.07) is 5.36. The predicted molar refractivity (Wildman–Crippen MR) is 75.6 cm³/mol. The molecular weight excluding hydrogens is 250 g/mol. The molecule has 0 bridgehead atoms. The lowest BCUT2D eigenvalue weighted by Crippen LogP contribution is -2.35. The Balaban J connectivity index is 2.81. The minimum Gasteiger partial charge on any atom is -0.496 e. The van der Waals surface area contributed by atoms with Gasteiger partial charge in [-0.3, -0.25) is 0 Å². The smallest absolute Gasteiger partial charge is 0.126 e. The molecule has 1 rings (SSSR count). The normalized spacial score (nSPS) is 10.9. The highest BCUT2D eigenvalue weighted by atomic mass is 32.1. The van der Waals surface area contributed by atoms with Crippen molar-refractivity contribution in [1.82, 2.24) is 0 Å². The van der Waals surface area contributed by atoms with Crippen LogP contribution in [-0.2, 0) is 0 Å². The Morgan fingerprint density at radius 1 is 1.11 bits per heavy atom. The van der Waals surface area contributed by atoms with E-state index < -0.39 is 0 Å². The van der Waals surface area contributed by atoms with Gasteiger partial charge in [0.05, 0.1) is 25.8 Å². The van der Waals surface area contributed by atoms with Crippen LogP contribution in [0.25, 0.3) is 0 Å². The third-order valence-corrected chi connectivity index (χ3v) is 3.14.